The Labute approximate surface area is 112 Å². The average Bonchev–Trinajstić information content (AvgIpc) is 2.26. The Bertz CT molecular complexity index is 454. The quantitative estimate of drug-likeness (QED) is 0.785. The number of aryl methyl sites for hydroxylation is 1. The number of morpholine rings is 1. The van der Waals surface area contributed by atoms with Gasteiger partial charge in [0.25, 0.3) is 5.91 Å². The second-order valence-electron chi connectivity index (χ2n) is 4.77. The van der Waals surface area contributed by atoms with Gasteiger partial charge in [0.2, 0.25) is 0 Å². The average molecular weight is 269 g/mol. The number of hydrogen-bond donors (Lipinski definition) is 0. The van der Waals surface area contributed by atoms with Gasteiger partial charge in [-0.05, 0) is 26.8 Å². The molecule has 1 saturated heterocycles. The zero-order valence-electron chi connectivity index (χ0n) is 10.8. The van der Waals surface area contributed by atoms with E-state index in [1.54, 1.807) is 17.2 Å². The minimum Gasteiger partial charge on any atom is -0.372 e. The van der Waals surface area contributed by atoms with Gasteiger partial charge in [-0.2, -0.15) is 0 Å². The van der Waals surface area contributed by atoms with Crippen molar-refractivity contribution in [2.45, 2.75) is 33.0 Å². The molecule has 1 aromatic heterocycles. The van der Waals surface area contributed by atoms with Crippen molar-refractivity contribution in [2.75, 3.05) is 13.1 Å². The first-order valence-corrected chi connectivity index (χ1v) is 6.42. The van der Waals surface area contributed by atoms with Gasteiger partial charge in [0, 0.05) is 25.0 Å². The Kier molecular flexibility index (Phi) is 3.88. The van der Waals surface area contributed by atoms with Crippen LogP contribution in [0.1, 0.15) is 29.9 Å². The van der Waals surface area contributed by atoms with Crippen LogP contribution in [0.4, 0.5) is 0 Å². The molecule has 1 amide bonds. The lowest BCUT2D eigenvalue weighted by atomic mass is 10.1. The molecule has 1 aromatic rings. The van der Waals surface area contributed by atoms with Crippen molar-refractivity contribution in [3.05, 3.63) is 28.5 Å². The van der Waals surface area contributed by atoms with Crippen molar-refractivity contribution in [1.82, 2.24) is 9.88 Å². The minimum atomic E-state index is -0.0745. The summed E-state index contributed by atoms with van der Waals surface area (Å²) in [7, 11) is 0. The molecular weight excluding hydrogens is 252 g/mol. The molecule has 0 saturated carbocycles. The molecule has 2 unspecified atom stereocenters. The lowest BCUT2D eigenvalue weighted by Crippen LogP contribution is -2.48. The monoisotopic (exact) mass is 268 g/mol. The summed E-state index contributed by atoms with van der Waals surface area (Å²) in [4.78, 5) is 18.3. The van der Waals surface area contributed by atoms with E-state index in [1.807, 2.05) is 20.8 Å². The van der Waals surface area contributed by atoms with Crippen LogP contribution in [0.3, 0.4) is 0 Å². The summed E-state index contributed by atoms with van der Waals surface area (Å²) in [6.45, 7) is 6.95. The molecule has 2 atom stereocenters. The standard InChI is InChI=1S/C13H17ClN2O2/c1-8-4-12(14)11(5-15-8)13(17)16-6-9(2)18-10(3)7-16/h4-5,9-10H,6-7H2,1-3H3. The van der Waals surface area contributed by atoms with Gasteiger partial charge in [0.15, 0.2) is 0 Å². The molecule has 2 rings (SSSR count). The molecule has 0 bridgehead atoms. The van der Waals surface area contributed by atoms with E-state index in [0.717, 1.165) is 5.69 Å². The highest BCUT2D eigenvalue weighted by Crippen LogP contribution is 2.20. The summed E-state index contributed by atoms with van der Waals surface area (Å²) < 4.78 is 5.61. The Morgan fingerprint density at radius 1 is 1.44 bits per heavy atom. The van der Waals surface area contributed by atoms with Gasteiger partial charge in [-0.1, -0.05) is 11.6 Å². The van der Waals surface area contributed by atoms with Crippen molar-refractivity contribution in [2.24, 2.45) is 0 Å². The van der Waals surface area contributed by atoms with E-state index in [0.29, 0.717) is 23.7 Å². The van der Waals surface area contributed by atoms with Gasteiger partial charge in [-0.3, -0.25) is 9.78 Å². The van der Waals surface area contributed by atoms with Crippen LogP contribution >= 0.6 is 11.6 Å². The third-order valence-corrected chi connectivity index (χ3v) is 3.24. The summed E-state index contributed by atoms with van der Waals surface area (Å²) in [5, 5.41) is 0.458. The fourth-order valence-corrected chi connectivity index (χ4v) is 2.49. The summed E-state index contributed by atoms with van der Waals surface area (Å²) in [5.74, 6) is -0.0745. The topological polar surface area (TPSA) is 42.4 Å². The fourth-order valence-electron chi connectivity index (χ4n) is 2.20. The third-order valence-electron chi connectivity index (χ3n) is 2.93. The number of ether oxygens (including phenoxy) is 1. The van der Waals surface area contributed by atoms with Crippen LogP contribution in [0.2, 0.25) is 5.02 Å². The molecule has 0 aliphatic carbocycles. The number of rotatable bonds is 1. The van der Waals surface area contributed by atoms with Crippen LogP contribution < -0.4 is 0 Å². The predicted molar refractivity (Wildman–Crippen MR) is 69.9 cm³/mol. The lowest BCUT2D eigenvalue weighted by molar-refractivity contribution is -0.0586. The Morgan fingerprint density at radius 3 is 2.61 bits per heavy atom. The summed E-state index contributed by atoms with van der Waals surface area (Å²) in [5.41, 5.74) is 1.27. The van der Waals surface area contributed by atoms with Crippen LogP contribution in [-0.4, -0.2) is 41.1 Å². The molecule has 1 aliphatic rings. The first-order valence-electron chi connectivity index (χ1n) is 6.04. The highest BCUT2D eigenvalue weighted by Gasteiger charge is 2.27. The molecule has 0 radical (unpaired) electrons. The fraction of sp³-hybridized carbons (Fsp3) is 0.538. The van der Waals surface area contributed by atoms with Gasteiger partial charge in [-0.15, -0.1) is 0 Å². The molecule has 1 fully saturated rings. The number of carbonyl (C=O) groups excluding carboxylic acids is 1. The first-order chi connectivity index (χ1) is 8.47. The molecule has 1 aliphatic heterocycles. The molecule has 5 heteroatoms. The predicted octanol–water partition coefficient (Wildman–Crippen LogP) is 2.29. The molecule has 18 heavy (non-hydrogen) atoms. The van der Waals surface area contributed by atoms with E-state index in [2.05, 4.69) is 4.98 Å². The van der Waals surface area contributed by atoms with E-state index in [-0.39, 0.29) is 18.1 Å². The molecular formula is C13H17ClN2O2. The first kappa shape index (κ1) is 13.3. The van der Waals surface area contributed by atoms with Crippen LogP contribution in [-0.2, 0) is 4.74 Å². The molecule has 2 heterocycles. The second kappa shape index (κ2) is 5.24. The maximum absolute atomic E-state index is 12.4. The molecule has 98 valence electrons. The van der Waals surface area contributed by atoms with E-state index in [4.69, 9.17) is 16.3 Å². The zero-order chi connectivity index (χ0) is 13.3. The number of pyridine rings is 1. The highest BCUT2D eigenvalue weighted by atomic mass is 35.5. The number of amides is 1. The van der Waals surface area contributed by atoms with Crippen molar-refractivity contribution < 1.29 is 9.53 Å². The number of halogens is 1. The molecule has 0 N–H and O–H groups in total. The van der Waals surface area contributed by atoms with Crippen LogP contribution in [0.5, 0.6) is 0 Å². The van der Waals surface area contributed by atoms with Gasteiger partial charge < -0.3 is 9.64 Å². The third kappa shape index (κ3) is 2.82. The SMILES string of the molecule is Cc1cc(Cl)c(C(=O)N2CC(C)OC(C)C2)cn1. The maximum Gasteiger partial charge on any atom is 0.257 e. The Hall–Kier alpha value is -1.13. The van der Waals surface area contributed by atoms with Gasteiger partial charge in [-0.25, -0.2) is 0 Å². The van der Waals surface area contributed by atoms with Crippen molar-refractivity contribution >= 4 is 17.5 Å². The number of hydrogen-bond acceptors (Lipinski definition) is 3. The van der Waals surface area contributed by atoms with Crippen LogP contribution in [0, 0.1) is 6.92 Å². The van der Waals surface area contributed by atoms with Crippen LogP contribution in [0.25, 0.3) is 0 Å². The number of aromatic nitrogens is 1. The van der Waals surface area contributed by atoms with Crippen molar-refractivity contribution in [1.29, 1.82) is 0 Å². The molecule has 0 aromatic carbocycles. The minimum absolute atomic E-state index is 0.0508. The second-order valence-corrected chi connectivity index (χ2v) is 5.18. The zero-order valence-corrected chi connectivity index (χ0v) is 11.6. The van der Waals surface area contributed by atoms with Crippen molar-refractivity contribution in [3.8, 4) is 0 Å². The largest absolute Gasteiger partial charge is 0.372 e. The van der Waals surface area contributed by atoms with Gasteiger partial charge in [0.1, 0.15) is 0 Å². The van der Waals surface area contributed by atoms with E-state index in [1.165, 1.54) is 0 Å². The maximum atomic E-state index is 12.4. The highest BCUT2D eigenvalue weighted by molar-refractivity contribution is 6.33. The Balaban J connectivity index is 2.20. The summed E-state index contributed by atoms with van der Waals surface area (Å²) in [6.07, 6.45) is 1.65. The number of nitrogens with zero attached hydrogens (tertiary/aromatic N) is 2. The smallest absolute Gasteiger partial charge is 0.257 e. The van der Waals surface area contributed by atoms with Crippen molar-refractivity contribution in [3.63, 3.8) is 0 Å². The van der Waals surface area contributed by atoms with E-state index >= 15 is 0 Å². The molecule has 0 spiro atoms. The van der Waals surface area contributed by atoms with Gasteiger partial charge in [0.05, 0.1) is 22.8 Å². The lowest BCUT2D eigenvalue weighted by Gasteiger charge is -2.35. The Morgan fingerprint density at radius 2 is 2.06 bits per heavy atom. The van der Waals surface area contributed by atoms with E-state index in [9.17, 15) is 4.79 Å². The molecule has 4 nitrogen and oxygen atoms in total. The van der Waals surface area contributed by atoms with Gasteiger partial charge >= 0.3 is 0 Å². The summed E-state index contributed by atoms with van der Waals surface area (Å²) >= 11 is 6.10. The summed E-state index contributed by atoms with van der Waals surface area (Å²) in [6, 6.07) is 1.71. The van der Waals surface area contributed by atoms with Crippen LogP contribution in [0.15, 0.2) is 12.3 Å². The number of carbonyl (C=O) groups is 1. The normalized spacial score (nSPS) is 24.1. The van der Waals surface area contributed by atoms with E-state index < -0.39 is 0 Å².